The first-order valence-corrected chi connectivity index (χ1v) is 10.4. The SMILES string of the molecule is COc1ccccc1-c1noc(C2CN(C(=O)c3csc(-c4ccccc4)n3)C2)n1. The fraction of sp³-hybridized carbons (Fsp3) is 0.182. The number of nitrogens with zero attached hydrogens (tertiary/aromatic N) is 4. The van der Waals surface area contributed by atoms with E-state index in [0.29, 0.717) is 36.2 Å². The number of hydrogen-bond acceptors (Lipinski definition) is 7. The Morgan fingerprint density at radius 3 is 2.67 bits per heavy atom. The van der Waals surface area contributed by atoms with Crippen LogP contribution < -0.4 is 4.74 Å². The molecule has 5 rings (SSSR count). The maximum absolute atomic E-state index is 12.7. The first-order valence-electron chi connectivity index (χ1n) is 9.50. The van der Waals surface area contributed by atoms with Crippen molar-refractivity contribution < 1.29 is 14.1 Å². The van der Waals surface area contributed by atoms with Gasteiger partial charge in [-0.1, -0.05) is 47.6 Å². The maximum atomic E-state index is 12.7. The number of hydrogen-bond donors (Lipinski definition) is 0. The Bertz CT molecular complexity index is 1180. The van der Waals surface area contributed by atoms with Gasteiger partial charge in [-0.05, 0) is 12.1 Å². The molecule has 4 aromatic rings. The highest BCUT2D eigenvalue weighted by atomic mass is 32.1. The van der Waals surface area contributed by atoms with E-state index in [2.05, 4.69) is 15.1 Å². The van der Waals surface area contributed by atoms with E-state index in [4.69, 9.17) is 9.26 Å². The van der Waals surface area contributed by atoms with Crippen LogP contribution in [0.1, 0.15) is 22.3 Å². The molecule has 1 aliphatic heterocycles. The van der Waals surface area contributed by atoms with Gasteiger partial charge in [0.15, 0.2) is 0 Å². The summed E-state index contributed by atoms with van der Waals surface area (Å²) in [5.74, 6) is 1.65. The molecule has 0 atom stereocenters. The van der Waals surface area contributed by atoms with Crippen LogP contribution in [0.5, 0.6) is 5.75 Å². The number of ether oxygens (including phenoxy) is 1. The number of likely N-dealkylation sites (tertiary alicyclic amines) is 1. The van der Waals surface area contributed by atoms with Crippen LogP contribution in [-0.2, 0) is 0 Å². The average molecular weight is 418 g/mol. The normalized spacial score (nSPS) is 13.8. The predicted octanol–water partition coefficient (Wildman–Crippen LogP) is 4.11. The highest BCUT2D eigenvalue weighted by Gasteiger charge is 2.37. The lowest BCUT2D eigenvalue weighted by atomic mass is 10.00. The summed E-state index contributed by atoms with van der Waals surface area (Å²) >= 11 is 1.47. The van der Waals surface area contributed by atoms with Gasteiger partial charge >= 0.3 is 0 Å². The van der Waals surface area contributed by atoms with Crippen LogP contribution in [0.15, 0.2) is 64.5 Å². The van der Waals surface area contributed by atoms with Gasteiger partial charge in [-0.2, -0.15) is 4.98 Å². The molecule has 1 amide bonds. The number of thiazole rings is 1. The van der Waals surface area contributed by atoms with Crippen LogP contribution in [0.4, 0.5) is 0 Å². The lowest BCUT2D eigenvalue weighted by Gasteiger charge is -2.36. The van der Waals surface area contributed by atoms with Crippen molar-refractivity contribution in [2.75, 3.05) is 20.2 Å². The molecule has 3 heterocycles. The van der Waals surface area contributed by atoms with E-state index in [1.54, 1.807) is 12.0 Å². The van der Waals surface area contributed by atoms with Crippen molar-refractivity contribution in [2.45, 2.75) is 5.92 Å². The second-order valence-corrected chi connectivity index (χ2v) is 7.83. The first kappa shape index (κ1) is 18.5. The van der Waals surface area contributed by atoms with Gasteiger partial charge in [0.05, 0.1) is 18.6 Å². The molecule has 0 bridgehead atoms. The maximum Gasteiger partial charge on any atom is 0.273 e. The molecule has 0 saturated carbocycles. The van der Waals surface area contributed by atoms with Crippen molar-refractivity contribution in [3.63, 3.8) is 0 Å². The van der Waals surface area contributed by atoms with Gasteiger partial charge in [-0.3, -0.25) is 4.79 Å². The topological polar surface area (TPSA) is 81.4 Å². The molecule has 8 heteroatoms. The van der Waals surface area contributed by atoms with E-state index < -0.39 is 0 Å². The Labute approximate surface area is 177 Å². The van der Waals surface area contributed by atoms with Crippen LogP contribution in [0.3, 0.4) is 0 Å². The Morgan fingerprint density at radius 1 is 1.10 bits per heavy atom. The third kappa shape index (κ3) is 3.35. The van der Waals surface area contributed by atoms with Crippen molar-refractivity contribution in [3.8, 4) is 27.7 Å². The Balaban J connectivity index is 1.25. The van der Waals surface area contributed by atoms with Crippen LogP contribution in [0.2, 0.25) is 0 Å². The summed E-state index contributed by atoms with van der Waals surface area (Å²) in [7, 11) is 1.61. The minimum absolute atomic E-state index is 0.0251. The number of para-hydroxylation sites is 1. The van der Waals surface area contributed by atoms with Crippen molar-refractivity contribution >= 4 is 17.2 Å². The molecule has 2 aromatic heterocycles. The fourth-order valence-corrected chi connectivity index (χ4v) is 4.19. The van der Waals surface area contributed by atoms with E-state index >= 15 is 0 Å². The average Bonchev–Trinajstić information content (AvgIpc) is 3.43. The largest absolute Gasteiger partial charge is 0.496 e. The van der Waals surface area contributed by atoms with Gasteiger partial charge in [0, 0.05) is 24.0 Å². The van der Waals surface area contributed by atoms with E-state index in [9.17, 15) is 4.79 Å². The van der Waals surface area contributed by atoms with Crippen molar-refractivity contribution in [1.82, 2.24) is 20.0 Å². The number of carbonyl (C=O) groups excluding carboxylic acids is 1. The Morgan fingerprint density at radius 2 is 1.87 bits per heavy atom. The number of amides is 1. The smallest absolute Gasteiger partial charge is 0.273 e. The van der Waals surface area contributed by atoms with Crippen LogP contribution in [-0.4, -0.2) is 46.1 Å². The molecule has 150 valence electrons. The standard InChI is InChI=1S/C22H18N4O3S/c1-28-18-10-6-5-9-16(18)19-24-20(29-25-19)15-11-26(12-15)22(27)17-13-30-21(23-17)14-7-3-2-4-8-14/h2-10,13,15H,11-12H2,1H3. The van der Waals surface area contributed by atoms with Crippen molar-refractivity contribution in [2.24, 2.45) is 0 Å². The van der Waals surface area contributed by atoms with Crippen LogP contribution >= 0.6 is 11.3 Å². The van der Waals surface area contributed by atoms with Crippen LogP contribution in [0.25, 0.3) is 22.0 Å². The molecule has 7 nitrogen and oxygen atoms in total. The second kappa shape index (κ2) is 7.72. The highest BCUT2D eigenvalue weighted by molar-refractivity contribution is 7.13. The number of rotatable bonds is 5. The Hall–Kier alpha value is -3.52. The lowest BCUT2D eigenvalue weighted by Crippen LogP contribution is -2.48. The zero-order valence-electron chi connectivity index (χ0n) is 16.2. The summed E-state index contributed by atoms with van der Waals surface area (Å²) in [5.41, 5.74) is 2.26. The van der Waals surface area contributed by atoms with Gasteiger partial charge in [0.25, 0.3) is 5.91 Å². The molecule has 0 spiro atoms. The minimum atomic E-state index is -0.0749. The third-order valence-electron chi connectivity index (χ3n) is 5.05. The lowest BCUT2D eigenvalue weighted by molar-refractivity contribution is 0.0564. The molecule has 0 unspecified atom stereocenters. The summed E-state index contributed by atoms with van der Waals surface area (Å²) in [5, 5.41) is 6.73. The molecular formula is C22H18N4O3S. The zero-order valence-corrected chi connectivity index (χ0v) is 17.0. The summed E-state index contributed by atoms with van der Waals surface area (Å²) in [6.45, 7) is 1.06. The van der Waals surface area contributed by atoms with Crippen molar-refractivity contribution in [3.05, 3.63) is 71.6 Å². The molecular weight excluding hydrogens is 400 g/mol. The number of carbonyl (C=O) groups is 1. The molecule has 1 saturated heterocycles. The number of aromatic nitrogens is 3. The van der Waals surface area contributed by atoms with Gasteiger partial charge in [0.1, 0.15) is 16.5 Å². The molecule has 1 fully saturated rings. The third-order valence-corrected chi connectivity index (χ3v) is 5.94. The molecule has 0 radical (unpaired) electrons. The second-order valence-electron chi connectivity index (χ2n) is 6.97. The quantitative estimate of drug-likeness (QED) is 0.485. The summed E-state index contributed by atoms with van der Waals surface area (Å²) in [4.78, 5) is 23.5. The van der Waals surface area contributed by atoms with Gasteiger partial charge in [0.2, 0.25) is 11.7 Å². The van der Waals surface area contributed by atoms with Gasteiger partial charge in [-0.15, -0.1) is 11.3 Å². The number of benzene rings is 2. The molecule has 0 N–H and O–H groups in total. The monoisotopic (exact) mass is 418 g/mol. The molecule has 30 heavy (non-hydrogen) atoms. The van der Waals surface area contributed by atoms with Gasteiger partial charge in [-0.25, -0.2) is 4.98 Å². The molecule has 1 aliphatic rings. The molecule has 2 aromatic carbocycles. The summed E-state index contributed by atoms with van der Waals surface area (Å²) < 4.78 is 10.8. The van der Waals surface area contributed by atoms with Gasteiger partial charge < -0.3 is 14.2 Å². The summed E-state index contributed by atoms with van der Waals surface area (Å²) in [6.07, 6.45) is 0. The predicted molar refractivity (Wildman–Crippen MR) is 112 cm³/mol. The summed E-state index contributed by atoms with van der Waals surface area (Å²) in [6, 6.07) is 17.4. The van der Waals surface area contributed by atoms with Crippen molar-refractivity contribution in [1.29, 1.82) is 0 Å². The van der Waals surface area contributed by atoms with E-state index in [1.807, 2.05) is 60.0 Å². The van der Waals surface area contributed by atoms with E-state index in [0.717, 1.165) is 16.1 Å². The van der Waals surface area contributed by atoms with Crippen LogP contribution in [0, 0.1) is 0 Å². The Kier molecular flexibility index (Phi) is 4.76. The van der Waals surface area contributed by atoms with E-state index in [1.165, 1.54) is 11.3 Å². The minimum Gasteiger partial charge on any atom is -0.496 e. The van der Waals surface area contributed by atoms with E-state index in [-0.39, 0.29) is 11.8 Å². The fourth-order valence-electron chi connectivity index (χ4n) is 3.39. The molecule has 0 aliphatic carbocycles. The number of methoxy groups -OCH3 is 1. The highest BCUT2D eigenvalue weighted by Crippen LogP contribution is 2.32. The zero-order chi connectivity index (χ0) is 20.5. The first-order chi connectivity index (χ1) is 14.7.